The van der Waals surface area contributed by atoms with Crippen LogP contribution in [0.3, 0.4) is 0 Å². The van der Waals surface area contributed by atoms with E-state index in [-0.39, 0.29) is 6.54 Å². The molecule has 2 saturated heterocycles. The van der Waals surface area contributed by atoms with Gasteiger partial charge in [0.15, 0.2) is 6.29 Å². The molecule has 0 spiro atoms. The summed E-state index contributed by atoms with van der Waals surface area (Å²) in [6.07, 6.45) is -11.2. The molecule has 8 N–H and O–H groups in total. The summed E-state index contributed by atoms with van der Waals surface area (Å²) in [5, 5.41) is 66.1. The van der Waals surface area contributed by atoms with Gasteiger partial charge in [-0.05, 0) is 13.8 Å². The van der Waals surface area contributed by atoms with E-state index in [9.17, 15) is 45.0 Å². The van der Waals surface area contributed by atoms with E-state index in [1.165, 1.54) is 25.7 Å². The van der Waals surface area contributed by atoms with Crippen molar-refractivity contribution in [2.75, 3.05) is 19.8 Å². The second-order valence-corrected chi connectivity index (χ2v) is 9.40. The van der Waals surface area contributed by atoms with E-state index < -0.39 is 98.4 Å². The third kappa shape index (κ3) is 7.63. The minimum atomic E-state index is -1.60. The molecule has 0 aromatic heterocycles. The van der Waals surface area contributed by atoms with Gasteiger partial charge in [0.25, 0.3) is 0 Å². The van der Waals surface area contributed by atoms with Crippen LogP contribution >= 0.6 is 0 Å². The van der Waals surface area contributed by atoms with Crippen molar-refractivity contribution < 1.29 is 59.2 Å². The standard InChI is InChI=1S/C22H39N3O12/c1-9(6-26)25(21-15(23-11(3)29)19(33)17(31)13(7-27)36-21)5-10(2)35-20-16(24-12(4)30)22(34)37-14(8-28)18(20)32/h6,9-10,13-22,27-28,31-34H,5,7-8H2,1-4H3,(H,23,29)(H,24,30)/t9-,10?,13+,14+,15+,16+,17+,18+,19+,20+,21?,22-/m0/s1. The van der Waals surface area contributed by atoms with Gasteiger partial charge in [0.2, 0.25) is 11.8 Å². The molecule has 2 rings (SSSR count). The molecule has 2 fully saturated rings. The summed E-state index contributed by atoms with van der Waals surface area (Å²) in [6.45, 7) is 4.11. The zero-order valence-corrected chi connectivity index (χ0v) is 21.2. The topological polar surface area (TPSA) is 228 Å². The number of aliphatic hydroxyl groups excluding tert-OH is 6. The summed E-state index contributed by atoms with van der Waals surface area (Å²) in [4.78, 5) is 36.7. The number of amides is 2. The molecule has 15 nitrogen and oxygen atoms in total. The fraction of sp³-hybridized carbons (Fsp3) is 0.864. The van der Waals surface area contributed by atoms with Gasteiger partial charge in [0.05, 0.1) is 31.4 Å². The number of carbonyl (C=O) groups excluding carboxylic acids is 3. The molecule has 0 saturated carbocycles. The summed E-state index contributed by atoms with van der Waals surface area (Å²) in [6, 6.07) is -3.24. The molecular formula is C22H39N3O12. The largest absolute Gasteiger partial charge is 0.394 e. The Balaban J connectivity index is 2.32. The highest BCUT2D eigenvalue weighted by atomic mass is 16.6. The second kappa shape index (κ2) is 13.8. The Labute approximate surface area is 214 Å². The zero-order chi connectivity index (χ0) is 28.0. The van der Waals surface area contributed by atoms with Gasteiger partial charge in [0, 0.05) is 20.4 Å². The lowest BCUT2D eigenvalue weighted by atomic mass is 9.94. The van der Waals surface area contributed by atoms with Gasteiger partial charge in [-0.1, -0.05) is 0 Å². The molecule has 2 heterocycles. The summed E-state index contributed by atoms with van der Waals surface area (Å²) in [5.74, 6) is -1.07. The molecule has 0 aromatic rings. The van der Waals surface area contributed by atoms with Gasteiger partial charge in [-0.25, -0.2) is 0 Å². The van der Waals surface area contributed by atoms with Crippen molar-refractivity contribution in [2.24, 2.45) is 0 Å². The van der Waals surface area contributed by atoms with Gasteiger partial charge < -0.3 is 60.3 Å². The summed E-state index contributed by atoms with van der Waals surface area (Å²) in [7, 11) is 0. The number of nitrogens with zero attached hydrogens (tertiary/aromatic N) is 1. The number of hydrogen-bond donors (Lipinski definition) is 8. The van der Waals surface area contributed by atoms with E-state index in [4.69, 9.17) is 14.2 Å². The van der Waals surface area contributed by atoms with Crippen LogP contribution in [0.1, 0.15) is 27.7 Å². The van der Waals surface area contributed by atoms with Crippen LogP contribution in [0.25, 0.3) is 0 Å². The SMILES string of the molecule is CC(=O)N[C@@H]1[C@@H](OC(C)CN(C2O[C@H](CO)[C@@H](O)[C@H](O)[C@H]2NC(C)=O)[C@@H](C)C=O)[C@H](O)[C@@H](CO)O[C@@H]1O. The van der Waals surface area contributed by atoms with Crippen molar-refractivity contribution in [3.05, 3.63) is 0 Å². The van der Waals surface area contributed by atoms with Crippen molar-refractivity contribution in [3.8, 4) is 0 Å². The molecule has 214 valence electrons. The average Bonchev–Trinajstić information content (AvgIpc) is 2.84. The van der Waals surface area contributed by atoms with Crippen molar-refractivity contribution in [2.45, 2.75) is 101 Å². The molecule has 2 aliphatic rings. The number of carbonyl (C=O) groups is 3. The first kappa shape index (κ1) is 31.4. The van der Waals surface area contributed by atoms with Crippen molar-refractivity contribution in [1.82, 2.24) is 15.5 Å². The number of aldehydes is 1. The normalized spacial score (nSPS) is 38.0. The maximum Gasteiger partial charge on any atom is 0.217 e. The van der Waals surface area contributed by atoms with E-state index in [1.54, 1.807) is 6.92 Å². The highest BCUT2D eigenvalue weighted by Gasteiger charge is 2.49. The predicted molar refractivity (Wildman–Crippen MR) is 124 cm³/mol. The Hall–Kier alpha value is -1.79. The number of nitrogens with one attached hydrogen (secondary N) is 2. The lowest BCUT2D eigenvalue weighted by molar-refractivity contribution is -0.271. The average molecular weight is 538 g/mol. The summed E-state index contributed by atoms with van der Waals surface area (Å²) < 4.78 is 16.9. The summed E-state index contributed by atoms with van der Waals surface area (Å²) in [5.41, 5.74) is 0. The second-order valence-electron chi connectivity index (χ2n) is 9.40. The van der Waals surface area contributed by atoms with Crippen LogP contribution in [0, 0.1) is 0 Å². The van der Waals surface area contributed by atoms with Crippen molar-refractivity contribution >= 4 is 18.1 Å². The fourth-order valence-electron chi connectivity index (χ4n) is 4.60. The van der Waals surface area contributed by atoms with Crippen LogP contribution in [-0.4, -0.2) is 147 Å². The lowest BCUT2D eigenvalue weighted by Crippen LogP contribution is -2.70. The first-order valence-corrected chi connectivity index (χ1v) is 12.0. The first-order valence-electron chi connectivity index (χ1n) is 12.0. The predicted octanol–water partition coefficient (Wildman–Crippen LogP) is -4.83. The molecular weight excluding hydrogens is 498 g/mol. The number of rotatable bonds is 11. The van der Waals surface area contributed by atoms with Crippen LogP contribution in [0.2, 0.25) is 0 Å². The Morgan fingerprint density at radius 2 is 1.46 bits per heavy atom. The Kier molecular flexibility index (Phi) is 11.8. The minimum absolute atomic E-state index is 0.0988. The maximum atomic E-state index is 11.8. The van der Waals surface area contributed by atoms with Crippen molar-refractivity contribution in [3.63, 3.8) is 0 Å². The Morgan fingerprint density at radius 3 is 1.97 bits per heavy atom. The molecule has 2 unspecified atom stereocenters. The van der Waals surface area contributed by atoms with Crippen LogP contribution in [-0.2, 0) is 28.6 Å². The smallest absolute Gasteiger partial charge is 0.217 e. The highest BCUT2D eigenvalue weighted by Crippen LogP contribution is 2.27. The maximum absolute atomic E-state index is 11.8. The van der Waals surface area contributed by atoms with Gasteiger partial charge in [-0.3, -0.25) is 14.5 Å². The van der Waals surface area contributed by atoms with Crippen molar-refractivity contribution in [1.29, 1.82) is 0 Å². The quantitative estimate of drug-likeness (QED) is 0.116. The fourth-order valence-corrected chi connectivity index (χ4v) is 4.60. The molecule has 37 heavy (non-hydrogen) atoms. The Morgan fingerprint density at radius 1 is 0.919 bits per heavy atom. The molecule has 15 heteroatoms. The zero-order valence-electron chi connectivity index (χ0n) is 21.2. The molecule has 0 radical (unpaired) electrons. The molecule has 0 aliphatic carbocycles. The van der Waals surface area contributed by atoms with Gasteiger partial charge in [0.1, 0.15) is 55.2 Å². The lowest BCUT2D eigenvalue weighted by Gasteiger charge is -2.48. The summed E-state index contributed by atoms with van der Waals surface area (Å²) >= 11 is 0. The number of aliphatic hydroxyl groups is 6. The first-order chi connectivity index (χ1) is 17.4. The van der Waals surface area contributed by atoms with Gasteiger partial charge in [-0.2, -0.15) is 0 Å². The van der Waals surface area contributed by atoms with Crippen LogP contribution < -0.4 is 10.6 Å². The highest BCUT2D eigenvalue weighted by molar-refractivity contribution is 5.73. The number of ether oxygens (including phenoxy) is 3. The van der Waals surface area contributed by atoms with E-state index in [0.29, 0.717) is 6.29 Å². The monoisotopic (exact) mass is 537 g/mol. The molecule has 12 atom stereocenters. The third-order valence-electron chi connectivity index (χ3n) is 6.42. The third-order valence-corrected chi connectivity index (χ3v) is 6.42. The number of hydrogen-bond acceptors (Lipinski definition) is 13. The molecule has 2 aliphatic heterocycles. The van der Waals surface area contributed by atoms with Gasteiger partial charge in [-0.15, -0.1) is 0 Å². The van der Waals surface area contributed by atoms with Crippen LogP contribution in [0.5, 0.6) is 0 Å². The van der Waals surface area contributed by atoms with E-state index in [2.05, 4.69) is 10.6 Å². The van der Waals surface area contributed by atoms with Crippen LogP contribution in [0.15, 0.2) is 0 Å². The van der Waals surface area contributed by atoms with E-state index >= 15 is 0 Å². The van der Waals surface area contributed by atoms with Crippen LogP contribution in [0.4, 0.5) is 0 Å². The van der Waals surface area contributed by atoms with Gasteiger partial charge >= 0.3 is 0 Å². The molecule has 0 aromatic carbocycles. The molecule has 2 amide bonds. The Bertz CT molecular complexity index is 775. The minimum Gasteiger partial charge on any atom is -0.394 e. The van der Waals surface area contributed by atoms with E-state index in [1.807, 2.05) is 0 Å². The van der Waals surface area contributed by atoms with E-state index in [0.717, 1.165) is 0 Å². The molecule has 0 bridgehead atoms.